The van der Waals surface area contributed by atoms with Crippen LogP contribution in [0.3, 0.4) is 0 Å². The first-order valence-corrected chi connectivity index (χ1v) is 4.31. The summed E-state index contributed by atoms with van der Waals surface area (Å²) < 4.78 is 4.40. The van der Waals surface area contributed by atoms with Crippen molar-refractivity contribution < 1.29 is 19.1 Å². The van der Waals surface area contributed by atoms with Gasteiger partial charge in [0.15, 0.2) is 5.62 Å². The summed E-state index contributed by atoms with van der Waals surface area (Å²) in [5, 5.41) is -0.387. The van der Waals surface area contributed by atoms with Crippen LogP contribution in [0.5, 0.6) is 0 Å². The predicted octanol–water partition coefficient (Wildman–Crippen LogP) is 0.430. The number of hydrogen-bond donors (Lipinski definition) is 0. The van der Waals surface area contributed by atoms with Crippen molar-refractivity contribution in [1.82, 2.24) is 0 Å². The number of thioether (sulfide) groups is 1. The molecule has 68 valence electrons. The van der Waals surface area contributed by atoms with Crippen LogP contribution in [-0.4, -0.2) is 29.7 Å². The Hall–Kier alpha value is -0.840. The molecule has 0 aromatic carbocycles. The lowest BCUT2D eigenvalue weighted by atomic mass is 10.2. The number of Topliss-reactive ketones (excluding diaryl/α,β-unsaturated/α-hetero) is 1. The molecule has 5 heteroatoms. The SMILES string of the molecule is CC(=O)[C@@H](CCOC=O)SC=O. The molecule has 0 amide bonds. The summed E-state index contributed by atoms with van der Waals surface area (Å²) in [7, 11) is 0. The van der Waals surface area contributed by atoms with Gasteiger partial charge < -0.3 is 4.74 Å². The van der Waals surface area contributed by atoms with Gasteiger partial charge >= 0.3 is 0 Å². The molecule has 0 aromatic heterocycles. The lowest BCUT2D eigenvalue weighted by Crippen LogP contribution is -2.16. The topological polar surface area (TPSA) is 60.4 Å². The van der Waals surface area contributed by atoms with Gasteiger partial charge in [-0.2, -0.15) is 0 Å². The molecule has 12 heavy (non-hydrogen) atoms. The number of ketones is 1. The van der Waals surface area contributed by atoms with E-state index in [2.05, 4.69) is 4.74 Å². The van der Waals surface area contributed by atoms with Crippen LogP contribution in [0.2, 0.25) is 0 Å². The molecule has 0 unspecified atom stereocenters. The maximum atomic E-state index is 10.8. The number of carbonyl (C=O) groups excluding carboxylic acids is 3. The minimum Gasteiger partial charge on any atom is -0.468 e. The Balaban J connectivity index is 3.70. The lowest BCUT2D eigenvalue weighted by Gasteiger charge is -2.07. The fourth-order valence-corrected chi connectivity index (χ4v) is 1.22. The van der Waals surface area contributed by atoms with Gasteiger partial charge in [0.2, 0.25) is 0 Å². The smallest absolute Gasteiger partial charge is 0.293 e. The molecule has 0 aliphatic carbocycles. The van der Waals surface area contributed by atoms with E-state index in [1.807, 2.05) is 0 Å². The second-order valence-electron chi connectivity index (χ2n) is 2.09. The summed E-state index contributed by atoms with van der Waals surface area (Å²) in [6.07, 6.45) is 0.386. The molecule has 0 saturated heterocycles. The summed E-state index contributed by atoms with van der Waals surface area (Å²) in [5.74, 6) is -0.0819. The molecule has 0 aliphatic rings. The molecule has 0 aromatic rings. The lowest BCUT2D eigenvalue weighted by molar-refractivity contribution is -0.129. The van der Waals surface area contributed by atoms with Gasteiger partial charge in [-0.15, -0.1) is 0 Å². The Morgan fingerprint density at radius 2 is 2.25 bits per heavy atom. The highest BCUT2D eigenvalue weighted by Crippen LogP contribution is 2.12. The van der Waals surface area contributed by atoms with Gasteiger partial charge in [0.05, 0.1) is 11.9 Å². The van der Waals surface area contributed by atoms with Crippen molar-refractivity contribution in [3.8, 4) is 0 Å². The van der Waals surface area contributed by atoms with Crippen LogP contribution >= 0.6 is 11.8 Å². The van der Waals surface area contributed by atoms with Crippen LogP contribution in [0, 0.1) is 0 Å². The average molecular weight is 190 g/mol. The van der Waals surface area contributed by atoms with Crippen LogP contribution in [0.1, 0.15) is 13.3 Å². The third-order valence-corrected chi connectivity index (χ3v) is 2.25. The maximum Gasteiger partial charge on any atom is 0.293 e. The van der Waals surface area contributed by atoms with E-state index in [-0.39, 0.29) is 17.6 Å². The third kappa shape index (κ3) is 4.90. The Morgan fingerprint density at radius 1 is 1.58 bits per heavy atom. The zero-order chi connectivity index (χ0) is 9.40. The van der Waals surface area contributed by atoms with E-state index in [1.165, 1.54) is 6.92 Å². The fraction of sp³-hybridized carbons (Fsp3) is 0.571. The molecule has 0 spiro atoms. The number of rotatable bonds is 7. The Bertz CT molecular complexity index is 169. The average Bonchev–Trinajstić information content (AvgIpc) is 2.03. The zero-order valence-electron chi connectivity index (χ0n) is 6.69. The van der Waals surface area contributed by atoms with Crippen LogP contribution in [0.4, 0.5) is 0 Å². The zero-order valence-corrected chi connectivity index (χ0v) is 7.50. The Labute approximate surface area is 74.7 Å². The highest BCUT2D eigenvalue weighted by molar-refractivity contribution is 8.13. The van der Waals surface area contributed by atoms with Gasteiger partial charge in [0.25, 0.3) is 6.47 Å². The number of carbonyl (C=O) groups is 3. The minimum absolute atomic E-state index is 0.0819. The van der Waals surface area contributed by atoms with Crippen molar-refractivity contribution in [2.75, 3.05) is 6.61 Å². The van der Waals surface area contributed by atoms with E-state index in [0.717, 1.165) is 11.8 Å². The van der Waals surface area contributed by atoms with Gasteiger partial charge in [-0.3, -0.25) is 14.4 Å². The van der Waals surface area contributed by atoms with Crippen LogP contribution < -0.4 is 0 Å². The van der Waals surface area contributed by atoms with Gasteiger partial charge in [-0.25, -0.2) is 0 Å². The first-order chi connectivity index (χ1) is 5.72. The van der Waals surface area contributed by atoms with E-state index >= 15 is 0 Å². The molecule has 0 aliphatic heterocycles. The Kier molecular flexibility index (Phi) is 6.37. The van der Waals surface area contributed by atoms with Crippen LogP contribution in [0.25, 0.3) is 0 Å². The largest absolute Gasteiger partial charge is 0.468 e. The number of hydrogen-bond acceptors (Lipinski definition) is 5. The third-order valence-electron chi connectivity index (χ3n) is 1.24. The van der Waals surface area contributed by atoms with Crippen molar-refractivity contribution in [3.05, 3.63) is 0 Å². The first-order valence-electron chi connectivity index (χ1n) is 3.37. The molecule has 0 rings (SSSR count). The molecule has 0 saturated carbocycles. The van der Waals surface area contributed by atoms with Gasteiger partial charge in [0, 0.05) is 6.42 Å². The monoisotopic (exact) mass is 190 g/mol. The quantitative estimate of drug-likeness (QED) is 0.430. The second kappa shape index (κ2) is 6.84. The van der Waals surface area contributed by atoms with E-state index in [9.17, 15) is 14.4 Å². The standard InChI is InChI=1S/C7H10O4S/c1-6(10)7(12-5-9)2-3-11-4-8/h4-5,7H,2-3H2,1H3/t7-/m1/s1. The van der Waals surface area contributed by atoms with Crippen molar-refractivity contribution in [2.24, 2.45) is 0 Å². The van der Waals surface area contributed by atoms with Crippen LogP contribution in [-0.2, 0) is 19.1 Å². The molecule has 0 N–H and O–H groups in total. The van der Waals surface area contributed by atoms with Crippen molar-refractivity contribution in [2.45, 2.75) is 18.6 Å². The molecule has 0 fully saturated rings. The Morgan fingerprint density at radius 3 is 2.67 bits per heavy atom. The van der Waals surface area contributed by atoms with Crippen molar-refractivity contribution >= 4 is 29.6 Å². The predicted molar refractivity (Wildman–Crippen MR) is 45.4 cm³/mol. The summed E-state index contributed by atoms with van der Waals surface area (Å²) in [6.45, 7) is 1.90. The number of ether oxygens (including phenoxy) is 1. The van der Waals surface area contributed by atoms with Gasteiger partial charge in [0.1, 0.15) is 5.78 Å². The molecular weight excluding hydrogens is 180 g/mol. The molecule has 4 nitrogen and oxygen atoms in total. The molecule has 0 bridgehead atoms. The summed E-state index contributed by atoms with van der Waals surface area (Å²) >= 11 is 0.909. The van der Waals surface area contributed by atoms with Gasteiger partial charge in [-0.1, -0.05) is 11.8 Å². The summed E-state index contributed by atoms with van der Waals surface area (Å²) in [5.41, 5.74) is 0.618. The maximum absolute atomic E-state index is 10.8. The van der Waals surface area contributed by atoms with Crippen LogP contribution in [0.15, 0.2) is 0 Å². The highest BCUT2D eigenvalue weighted by Gasteiger charge is 2.13. The normalized spacial score (nSPS) is 11.8. The molecular formula is C7H10O4S. The second-order valence-corrected chi connectivity index (χ2v) is 3.12. The summed E-state index contributed by atoms with van der Waals surface area (Å²) in [4.78, 5) is 30.6. The van der Waals surface area contributed by atoms with Gasteiger partial charge in [-0.05, 0) is 6.92 Å². The van der Waals surface area contributed by atoms with E-state index in [1.54, 1.807) is 0 Å². The fourth-order valence-electron chi connectivity index (χ4n) is 0.657. The molecule has 0 radical (unpaired) electrons. The van der Waals surface area contributed by atoms with E-state index < -0.39 is 0 Å². The van der Waals surface area contributed by atoms with Crippen molar-refractivity contribution in [3.63, 3.8) is 0 Å². The van der Waals surface area contributed by atoms with E-state index in [0.29, 0.717) is 18.5 Å². The first kappa shape index (κ1) is 11.2. The van der Waals surface area contributed by atoms with Crippen molar-refractivity contribution in [1.29, 1.82) is 0 Å². The molecule has 1 atom stereocenters. The summed E-state index contributed by atoms with van der Waals surface area (Å²) in [6, 6.07) is 0. The van der Waals surface area contributed by atoms with E-state index in [4.69, 9.17) is 0 Å². The highest BCUT2D eigenvalue weighted by atomic mass is 32.2. The minimum atomic E-state index is -0.387. The molecule has 0 heterocycles.